The number of rotatable bonds is 6. The first kappa shape index (κ1) is 19.6. The van der Waals surface area contributed by atoms with Gasteiger partial charge in [0.05, 0.1) is 23.3 Å². The van der Waals surface area contributed by atoms with Crippen LogP contribution in [-0.4, -0.2) is 23.5 Å². The molecule has 0 bridgehead atoms. The number of aliphatic imine (C=N–C) groups is 1. The summed E-state index contributed by atoms with van der Waals surface area (Å²) in [6.07, 6.45) is 1.92. The second kappa shape index (κ2) is 8.78. The maximum Gasteiger partial charge on any atom is 0.196 e. The molecule has 29 heavy (non-hydrogen) atoms. The predicted octanol–water partition coefficient (Wildman–Crippen LogP) is 5.36. The van der Waals surface area contributed by atoms with Crippen molar-refractivity contribution in [2.45, 2.75) is 39.7 Å². The summed E-state index contributed by atoms with van der Waals surface area (Å²) in [5.41, 5.74) is 5.93. The fourth-order valence-electron chi connectivity index (χ4n) is 3.36. The third-order valence-electron chi connectivity index (χ3n) is 5.35. The highest BCUT2D eigenvalue weighted by atomic mass is 32.1. The molecule has 4 rings (SSSR count). The zero-order valence-corrected chi connectivity index (χ0v) is 18.1. The van der Waals surface area contributed by atoms with Gasteiger partial charge in [0.1, 0.15) is 0 Å². The standard InChI is InChI=1S/C24H28N4S/c1-4-17-5-9-19(10-6-17)22-15-29-23(27-22)13-18-7-11-20(12-8-18)26-24-25-14-21(28-24)16(2)3/h5-12,15-16,21H,4,13-14H2,1-3H3,(H2,25,26,28)/t21-/m1/s1. The van der Waals surface area contributed by atoms with Crippen molar-refractivity contribution < 1.29 is 0 Å². The van der Waals surface area contributed by atoms with E-state index in [2.05, 4.69) is 90.3 Å². The van der Waals surface area contributed by atoms with Gasteiger partial charge in [0.2, 0.25) is 0 Å². The summed E-state index contributed by atoms with van der Waals surface area (Å²) in [5.74, 6) is 1.45. The van der Waals surface area contributed by atoms with Crippen LogP contribution in [0.15, 0.2) is 58.9 Å². The fraction of sp³-hybridized carbons (Fsp3) is 0.333. The zero-order valence-electron chi connectivity index (χ0n) is 17.3. The average molecular weight is 405 g/mol. The molecule has 0 radical (unpaired) electrons. The summed E-state index contributed by atoms with van der Waals surface area (Å²) >= 11 is 1.73. The van der Waals surface area contributed by atoms with E-state index in [-0.39, 0.29) is 0 Å². The first-order chi connectivity index (χ1) is 14.1. The van der Waals surface area contributed by atoms with Gasteiger partial charge in [-0.05, 0) is 35.6 Å². The first-order valence-corrected chi connectivity index (χ1v) is 11.2. The fourth-order valence-corrected chi connectivity index (χ4v) is 4.20. The lowest BCUT2D eigenvalue weighted by atomic mass is 10.1. The van der Waals surface area contributed by atoms with Gasteiger partial charge in [-0.15, -0.1) is 11.3 Å². The monoisotopic (exact) mass is 404 g/mol. The van der Waals surface area contributed by atoms with Gasteiger partial charge in [-0.25, -0.2) is 4.98 Å². The van der Waals surface area contributed by atoms with Crippen molar-refractivity contribution in [3.8, 4) is 11.3 Å². The van der Waals surface area contributed by atoms with Crippen molar-refractivity contribution >= 4 is 23.0 Å². The van der Waals surface area contributed by atoms with Crippen molar-refractivity contribution in [3.05, 3.63) is 70.0 Å². The van der Waals surface area contributed by atoms with E-state index in [1.54, 1.807) is 11.3 Å². The third-order valence-corrected chi connectivity index (χ3v) is 6.20. The Morgan fingerprint density at radius 3 is 2.45 bits per heavy atom. The molecule has 0 unspecified atom stereocenters. The summed E-state index contributed by atoms with van der Waals surface area (Å²) in [5, 5.41) is 10.1. The van der Waals surface area contributed by atoms with Crippen LogP contribution in [0.5, 0.6) is 0 Å². The Hall–Kier alpha value is -2.66. The lowest BCUT2D eigenvalue weighted by Gasteiger charge is -2.15. The van der Waals surface area contributed by atoms with Gasteiger partial charge >= 0.3 is 0 Å². The largest absolute Gasteiger partial charge is 0.351 e. The van der Waals surface area contributed by atoms with Gasteiger partial charge in [0.15, 0.2) is 5.96 Å². The molecule has 0 spiro atoms. The van der Waals surface area contributed by atoms with Crippen molar-refractivity contribution in [1.29, 1.82) is 0 Å². The Morgan fingerprint density at radius 1 is 1.07 bits per heavy atom. The number of aryl methyl sites for hydroxylation is 1. The van der Waals surface area contributed by atoms with E-state index in [9.17, 15) is 0 Å². The van der Waals surface area contributed by atoms with Gasteiger partial charge in [-0.2, -0.15) is 0 Å². The molecular formula is C24H28N4S. The quantitative estimate of drug-likeness (QED) is 0.581. The maximum atomic E-state index is 4.84. The van der Waals surface area contributed by atoms with Gasteiger partial charge in [-0.3, -0.25) is 4.99 Å². The molecule has 2 N–H and O–H groups in total. The molecule has 0 amide bonds. The molecule has 1 aliphatic heterocycles. The molecular weight excluding hydrogens is 376 g/mol. The number of nitrogens with zero attached hydrogens (tertiary/aromatic N) is 2. The highest BCUT2D eigenvalue weighted by Gasteiger charge is 2.20. The maximum absolute atomic E-state index is 4.84. The Labute approximate surface area is 177 Å². The topological polar surface area (TPSA) is 49.3 Å². The molecule has 2 aromatic carbocycles. The van der Waals surface area contributed by atoms with Crippen LogP contribution >= 0.6 is 11.3 Å². The number of hydrogen-bond acceptors (Lipinski definition) is 5. The lowest BCUT2D eigenvalue weighted by Crippen LogP contribution is -2.37. The Morgan fingerprint density at radius 2 is 1.79 bits per heavy atom. The van der Waals surface area contributed by atoms with Crippen LogP contribution < -0.4 is 10.6 Å². The number of hydrogen-bond donors (Lipinski definition) is 2. The summed E-state index contributed by atoms with van der Waals surface area (Å²) in [4.78, 5) is 9.39. The van der Waals surface area contributed by atoms with Gasteiger partial charge in [0.25, 0.3) is 0 Å². The molecule has 0 saturated heterocycles. The normalized spacial score (nSPS) is 16.0. The highest BCUT2D eigenvalue weighted by molar-refractivity contribution is 7.10. The molecule has 0 saturated carbocycles. The Balaban J connectivity index is 1.36. The van der Waals surface area contributed by atoms with Crippen LogP contribution in [0.1, 0.15) is 36.9 Å². The smallest absolute Gasteiger partial charge is 0.196 e. The van der Waals surface area contributed by atoms with E-state index in [1.165, 1.54) is 16.7 Å². The van der Waals surface area contributed by atoms with Crippen LogP contribution in [-0.2, 0) is 12.8 Å². The summed E-state index contributed by atoms with van der Waals surface area (Å²) in [6, 6.07) is 17.7. The van der Waals surface area contributed by atoms with Crippen molar-refractivity contribution in [2.24, 2.45) is 10.9 Å². The predicted molar refractivity (Wildman–Crippen MR) is 124 cm³/mol. The van der Waals surface area contributed by atoms with Gasteiger partial charge in [0, 0.05) is 23.1 Å². The molecule has 4 nitrogen and oxygen atoms in total. The summed E-state index contributed by atoms with van der Waals surface area (Å²) in [6.45, 7) is 7.45. The molecule has 1 atom stereocenters. The molecule has 0 aliphatic carbocycles. The second-order valence-electron chi connectivity index (χ2n) is 7.86. The minimum atomic E-state index is 0.425. The number of benzene rings is 2. The number of thiazole rings is 1. The SMILES string of the molecule is CCc1ccc(-c2csc(Cc3ccc(NC4=NC[C@H](C(C)C)N4)cc3)n2)cc1. The van der Waals surface area contributed by atoms with E-state index in [4.69, 9.17) is 4.98 Å². The highest BCUT2D eigenvalue weighted by Crippen LogP contribution is 2.24. The summed E-state index contributed by atoms with van der Waals surface area (Å²) in [7, 11) is 0. The third kappa shape index (κ3) is 4.85. The Kier molecular flexibility index (Phi) is 5.95. The van der Waals surface area contributed by atoms with Crippen molar-refractivity contribution in [1.82, 2.24) is 10.3 Å². The van der Waals surface area contributed by atoms with Crippen molar-refractivity contribution in [3.63, 3.8) is 0 Å². The van der Waals surface area contributed by atoms with E-state index in [0.717, 1.165) is 41.7 Å². The molecule has 1 aliphatic rings. The van der Waals surface area contributed by atoms with E-state index < -0.39 is 0 Å². The lowest BCUT2D eigenvalue weighted by molar-refractivity contribution is 0.483. The summed E-state index contributed by atoms with van der Waals surface area (Å²) < 4.78 is 0. The minimum Gasteiger partial charge on any atom is -0.351 e. The molecule has 5 heteroatoms. The van der Waals surface area contributed by atoms with Crippen LogP contribution in [0.3, 0.4) is 0 Å². The molecule has 1 aromatic heterocycles. The van der Waals surface area contributed by atoms with Gasteiger partial charge < -0.3 is 10.6 Å². The zero-order chi connectivity index (χ0) is 20.2. The second-order valence-corrected chi connectivity index (χ2v) is 8.80. The van der Waals surface area contributed by atoms with Crippen LogP contribution in [0.2, 0.25) is 0 Å². The van der Waals surface area contributed by atoms with Gasteiger partial charge in [-0.1, -0.05) is 57.2 Å². The van der Waals surface area contributed by atoms with E-state index in [1.807, 2.05) is 0 Å². The molecule has 0 fully saturated rings. The molecule has 3 aromatic rings. The first-order valence-electron chi connectivity index (χ1n) is 10.3. The molecule has 2 heterocycles. The Bertz CT molecular complexity index is 971. The number of guanidine groups is 1. The van der Waals surface area contributed by atoms with Crippen LogP contribution in [0.4, 0.5) is 5.69 Å². The number of nitrogens with one attached hydrogen (secondary N) is 2. The van der Waals surface area contributed by atoms with E-state index in [0.29, 0.717) is 12.0 Å². The van der Waals surface area contributed by atoms with Crippen molar-refractivity contribution in [2.75, 3.05) is 11.9 Å². The molecule has 150 valence electrons. The average Bonchev–Trinajstić information content (AvgIpc) is 3.39. The van der Waals surface area contributed by atoms with E-state index >= 15 is 0 Å². The number of anilines is 1. The number of aromatic nitrogens is 1. The minimum absolute atomic E-state index is 0.425. The van der Waals surface area contributed by atoms with Crippen LogP contribution in [0, 0.1) is 5.92 Å². The van der Waals surface area contributed by atoms with Crippen LogP contribution in [0.25, 0.3) is 11.3 Å².